The van der Waals surface area contributed by atoms with Gasteiger partial charge in [-0.2, -0.15) is 0 Å². The van der Waals surface area contributed by atoms with Gasteiger partial charge in [-0.1, -0.05) is 20.9 Å². The molecule has 0 aliphatic rings. The van der Waals surface area contributed by atoms with Crippen LogP contribution >= 0.6 is 0 Å². The number of aliphatic hydroxyl groups excluding tert-OH is 1. The molecule has 2 nitrogen and oxygen atoms in total. The Morgan fingerprint density at radius 3 is 2.33 bits per heavy atom. The first kappa shape index (κ1) is 15.9. The fourth-order valence-corrected chi connectivity index (χ4v) is 0.231. The summed E-state index contributed by atoms with van der Waals surface area (Å²) in [4.78, 5) is 0. The highest BCUT2D eigenvalue weighted by atomic mass is 16.5. The lowest BCUT2D eigenvalue weighted by molar-refractivity contribution is 0.112. The third-order valence-corrected chi connectivity index (χ3v) is 0.471. The van der Waals surface area contributed by atoms with E-state index in [1.54, 1.807) is 6.08 Å². The molecule has 0 radical (unpaired) electrons. The van der Waals surface area contributed by atoms with E-state index in [1.807, 2.05) is 0 Å². The molecule has 0 unspecified atom stereocenters. The molecule has 0 saturated carbocycles. The Balaban J connectivity index is -0.000000180. The van der Waals surface area contributed by atoms with E-state index in [1.165, 1.54) is 0 Å². The first-order chi connectivity index (χ1) is 3.41. The molecular weight excluding hydrogens is 116 g/mol. The molecule has 1 N–H and O–H groups in total. The highest BCUT2D eigenvalue weighted by Gasteiger charge is 1.75. The third kappa shape index (κ3) is 18.3. The van der Waals surface area contributed by atoms with Crippen LogP contribution in [0.1, 0.15) is 14.9 Å². The van der Waals surface area contributed by atoms with Crippen molar-refractivity contribution in [2.24, 2.45) is 0 Å². The van der Waals surface area contributed by atoms with Crippen molar-refractivity contribution < 1.29 is 9.84 Å². The van der Waals surface area contributed by atoms with Crippen molar-refractivity contribution in [1.29, 1.82) is 0 Å². The first-order valence-corrected chi connectivity index (χ1v) is 2.21. The Morgan fingerprint density at radius 2 is 2.00 bits per heavy atom. The maximum absolute atomic E-state index is 8.13. The van der Waals surface area contributed by atoms with Crippen molar-refractivity contribution in [3.05, 3.63) is 12.7 Å². The highest BCUT2D eigenvalue weighted by molar-refractivity contribution is 4.63. The van der Waals surface area contributed by atoms with Crippen LogP contribution in [-0.2, 0) is 4.74 Å². The molecule has 0 amide bonds. The van der Waals surface area contributed by atoms with Crippen LogP contribution in [0.2, 0.25) is 0 Å². The zero-order valence-corrected chi connectivity index (χ0v) is 4.26. The largest absolute Gasteiger partial charge is 0.394 e. The van der Waals surface area contributed by atoms with E-state index in [4.69, 9.17) is 9.84 Å². The second-order valence-corrected chi connectivity index (χ2v) is 1.09. The standard InChI is InChI=1S/C5H10O2.2CH4/c1-2-4-7-5-3-6;;/h2,6H,1,3-5H2;2*1H4. The summed E-state index contributed by atoms with van der Waals surface area (Å²) in [5.41, 5.74) is 0. The summed E-state index contributed by atoms with van der Waals surface area (Å²) in [5.74, 6) is 0. The molecule has 0 fully saturated rings. The quantitative estimate of drug-likeness (QED) is 0.466. The minimum Gasteiger partial charge on any atom is -0.394 e. The maximum Gasteiger partial charge on any atom is 0.0701 e. The summed E-state index contributed by atoms with van der Waals surface area (Å²) in [6.07, 6.45) is 1.65. The van der Waals surface area contributed by atoms with Crippen LogP contribution in [0.15, 0.2) is 12.7 Å². The molecule has 0 bridgehead atoms. The van der Waals surface area contributed by atoms with E-state index >= 15 is 0 Å². The van der Waals surface area contributed by atoms with Gasteiger partial charge in [-0.25, -0.2) is 0 Å². The molecule has 0 aliphatic carbocycles. The summed E-state index contributed by atoms with van der Waals surface area (Å²) in [6.45, 7) is 4.45. The van der Waals surface area contributed by atoms with Gasteiger partial charge in [-0.3, -0.25) is 0 Å². The molecular formula is C7H18O2. The summed E-state index contributed by atoms with van der Waals surface area (Å²) < 4.78 is 4.76. The van der Waals surface area contributed by atoms with Crippen LogP contribution in [0.25, 0.3) is 0 Å². The second kappa shape index (κ2) is 15.6. The van der Waals surface area contributed by atoms with Gasteiger partial charge in [-0.05, 0) is 0 Å². The molecule has 0 spiro atoms. The van der Waals surface area contributed by atoms with E-state index in [9.17, 15) is 0 Å². The van der Waals surface area contributed by atoms with Crippen LogP contribution in [0.3, 0.4) is 0 Å². The van der Waals surface area contributed by atoms with Gasteiger partial charge in [0, 0.05) is 0 Å². The Kier molecular flexibility index (Phi) is 27.6. The van der Waals surface area contributed by atoms with E-state index in [-0.39, 0.29) is 21.5 Å². The fourth-order valence-electron chi connectivity index (χ4n) is 0.231. The van der Waals surface area contributed by atoms with Crippen molar-refractivity contribution in [3.63, 3.8) is 0 Å². The Morgan fingerprint density at radius 1 is 1.44 bits per heavy atom. The molecule has 0 rings (SSSR count). The van der Waals surface area contributed by atoms with E-state index in [0.717, 1.165) is 0 Å². The molecule has 9 heavy (non-hydrogen) atoms. The van der Waals surface area contributed by atoms with Gasteiger partial charge in [0.1, 0.15) is 0 Å². The Hall–Kier alpha value is -0.340. The van der Waals surface area contributed by atoms with Crippen molar-refractivity contribution in [3.8, 4) is 0 Å². The first-order valence-electron chi connectivity index (χ1n) is 2.21. The fraction of sp³-hybridized carbons (Fsp3) is 0.714. The smallest absolute Gasteiger partial charge is 0.0701 e. The van der Waals surface area contributed by atoms with Crippen LogP contribution in [-0.4, -0.2) is 24.9 Å². The maximum atomic E-state index is 8.13. The molecule has 0 aromatic rings. The molecule has 0 aliphatic heterocycles. The van der Waals surface area contributed by atoms with Crippen LogP contribution in [0.5, 0.6) is 0 Å². The lowest BCUT2D eigenvalue weighted by Crippen LogP contribution is -1.97. The average molecular weight is 134 g/mol. The predicted octanol–water partition coefficient (Wildman–Crippen LogP) is 1.45. The number of hydrogen-bond donors (Lipinski definition) is 1. The molecule has 2 heteroatoms. The molecule has 0 aromatic heterocycles. The van der Waals surface area contributed by atoms with Gasteiger partial charge in [0.15, 0.2) is 0 Å². The molecule has 0 heterocycles. The lowest BCUT2D eigenvalue weighted by atomic mass is 10.7. The van der Waals surface area contributed by atoms with Crippen molar-refractivity contribution >= 4 is 0 Å². The summed E-state index contributed by atoms with van der Waals surface area (Å²) in [5, 5.41) is 8.13. The van der Waals surface area contributed by atoms with Crippen LogP contribution in [0, 0.1) is 0 Å². The SMILES string of the molecule is C.C.C=CCOCCO. The van der Waals surface area contributed by atoms with Gasteiger partial charge in [0.05, 0.1) is 19.8 Å². The molecule has 0 saturated heterocycles. The molecule has 0 aromatic carbocycles. The average Bonchev–Trinajstić information content (AvgIpc) is 1.69. The number of aliphatic hydroxyl groups is 1. The topological polar surface area (TPSA) is 29.5 Å². The van der Waals surface area contributed by atoms with E-state index in [0.29, 0.717) is 13.2 Å². The number of rotatable bonds is 4. The summed E-state index contributed by atoms with van der Waals surface area (Å²) >= 11 is 0. The van der Waals surface area contributed by atoms with Crippen molar-refractivity contribution in [2.75, 3.05) is 19.8 Å². The van der Waals surface area contributed by atoms with E-state index in [2.05, 4.69) is 6.58 Å². The molecule has 0 atom stereocenters. The van der Waals surface area contributed by atoms with Crippen LogP contribution < -0.4 is 0 Å². The second-order valence-electron chi connectivity index (χ2n) is 1.09. The van der Waals surface area contributed by atoms with Crippen molar-refractivity contribution in [2.45, 2.75) is 14.9 Å². The van der Waals surface area contributed by atoms with E-state index < -0.39 is 0 Å². The summed E-state index contributed by atoms with van der Waals surface area (Å²) in [6, 6.07) is 0. The Labute approximate surface area is 58.2 Å². The van der Waals surface area contributed by atoms with Gasteiger partial charge < -0.3 is 9.84 Å². The van der Waals surface area contributed by atoms with Gasteiger partial charge in [0.25, 0.3) is 0 Å². The third-order valence-electron chi connectivity index (χ3n) is 0.471. The minimum atomic E-state index is 0. The van der Waals surface area contributed by atoms with Crippen molar-refractivity contribution in [1.82, 2.24) is 0 Å². The van der Waals surface area contributed by atoms with Crippen LogP contribution in [0.4, 0.5) is 0 Å². The summed E-state index contributed by atoms with van der Waals surface area (Å²) in [7, 11) is 0. The normalized spacial score (nSPS) is 6.78. The lowest BCUT2D eigenvalue weighted by Gasteiger charge is -1.92. The molecule has 58 valence electrons. The highest BCUT2D eigenvalue weighted by Crippen LogP contribution is 1.70. The predicted molar refractivity (Wildman–Crippen MR) is 41.6 cm³/mol. The monoisotopic (exact) mass is 134 g/mol. The zero-order chi connectivity index (χ0) is 5.54. The zero-order valence-electron chi connectivity index (χ0n) is 4.26. The number of ether oxygens (including phenoxy) is 1. The van der Waals surface area contributed by atoms with Gasteiger partial charge in [0.2, 0.25) is 0 Å². The minimum absolute atomic E-state index is 0. The Bertz CT molecular complexity index is 44.2. The number of hydrogen-bond acceptors (Lipinski definition) is 2. The van der Waals surface area contributed by atoms with Gasteiger partial charge >= 0.3 is 0 Å². The van der Waals surface area contributed by atoms with Gasteiger partial charge in [-0.15, -0.1) is 6.58 Å².